The lowest BCUT2D eigenvalue weighted by Crippen LogP contribution is -2.22. The zero-order valence-electron chi connectivity index (χ0n) is 13.8. The van der Waals surface area contributed by atoms with Crippen molar-refractivity contribution in [1.82, 2.24) is 15.5 Å². The summed E-state index contributed by atoms with van der Waals surface area (Å²) in [6.07, 6.45) is -4.39. The molecule has 2 aromatic heterocycles. The van der Waals surface area contributed by atoms with Gasteiger partial charge in [-0.05, 0) is 26.0 Å². The van der Waals surface area contributed by atoms with Crippen LogP contribution in [-0.2, 0) is 12.7 Å². The quantitative estimate of drug-likeness (QED) is 0.729. The van der Waals surface area contributed by atoms with Gasteiger partial charge in [-0.1, -0.05) is 17.3 Å². The lowest BCUT2D eigenvalue weighted by atomic mass is 10.1. The maximum Gasteiger partial charge on any atom is 0.416 e. The van der Waals surface area contributed by atoms with E-state index in [0.29, 0.717) is 32.6 Å². The summed E-state index contributed by atoms with van der Waals surface area (Å²) in [5, 5.41) is 6.93. The van der Waals surface area contributed by atoms with E-state index in [1.807, 2.05) is 0 Å². The Kier molecular flexibility index (Phi) is 4.82. The molecule has 0 bridgehead atoms. The third kappa shape index (κ3) is 3.93. The van der Waals surface area contributed by atoms with Crippen molar-refractivity contribution in [2.45, 2.75) is 26.6 Å². The van der Waals surface area contributed by atoms with Gasteiger partial charge >= 0.3 is 6.18 Å². The number of nitrogens with one attached hydrogen (secondary N) is 1. The highest BCUT2D eigenvalue weighted by Crippen LogP contribution is 2.33. The van der Waals surface area contributed by atoms with Gasteiger partial charge in [0.1, 0.15) is 9.88 Å². The lowest BCUT2D eigenvalue weighted by Gasteiger charge is -2.06. The van der Waals surface area contributed by atoms with Crippen molar-refractivity contribution in [3.8, 4) is 10.6 Å². The van der Waals surface area contributed by atoms with Gasteiger partial charge in [-0.2, -0.15) is 13.2 Å². The Morgan fingerprint density at radius 2 is 1.92 bits per heavy atom. The minimum absolute atomic E-state index is 0.187. The van der Waals surface area contributed by atoms with Crippen LogP contribution in [0.25, 0.3) is 10.6 Å². The Bertz CT molecular complexity index is 930. The first kappa shape index (κ1) is 18.1. The number of thiazole rings is 1. The van der Waals surface area contributed by atoms with Gasteiger partial charge in [-0.15, -0.1) is 11.3 Å². The minimum atomic E-state index is -4.39. The molecule has 0 aliphatic rings. The summed E-state index contributed by atoms with van der Waals surface area (Å²) in [5.74, 6) is 0.202. The summed E-state index contributed by atoms with van der Waals surface area (Å²) in [7, 11) is 0. The number of nitrogens with zero attached hydrogens (tertiary/aromatic N) is 2. The molecule has 0 saturated carbocycles. The normalized spacial score (nSPS) is 11.6. The van der Waals surface area contributed by atoms with E-state index in [-0.39, 0.29) is 12.5 Å². The van der Waals surface area contributed by atoms with E-state index >= 15 is 0 Å². The Hall–Kier alpha value is -2.68. The SMILES string of the molecule is Cc1cc(CNC(=O)c2sc(-c3ccc(C(F)(F)F)cc3)nc2C)on1. The second-order valence-corrected chi connectivity index (χ2v) is 6.63. The van der Waals surface area contributed by atoms with E-state index < -0.39 is 11.7 Å². The lowest BCUT2D eigenvalue weighted by molar-refractivity contribution is -0.137. The number of hydrogen-bond acceptors (Lipinski definition) is 5. The topological polar surface area (TPSA) is 68.0 Å². The summed E-state index contributed by atoms with van der Waals surface area (Å²) in [5.41, 5.74) is 1.02. The zero-order chi connectivity index (χ0) is 18.9. The van der Waals surface area contributed by atoms with Crippen molar-refractivity contribution >= 4 is 17.2 Å². The first-order valence-corrected chi connectivity index (χ1v) is 8.41. The van der Waals surface area contributed by atoms with E-state index in [2.05, 4.69) is 15.5 Å². The molecule has 0 atom stereocenters. The molecule has 3 aromatic rings. The third-order valence-corrected chi connectivity index (χ3v) is 4.77. The van der Waals surface area contributed by atoms with Crippen LogP contribution < -0.4 is 5.32 Å². The van der Waals surface area contributed by atoms with Gasteiger partial charge in [0.2, 0.25) is 0 Å². The largest absolute Gasteiger partial charge is 0.416 e. The molecular weight excluding hydrogens is 367 g/mol. The molecule has 0 fully saturated rings. The fourth-order valence-electron chi connectivity index (χ4n) is 2.28. The van der Waals surface area contributed by atoms with Crippen molar-refractivity contribution in [3.05, 3.63) is 57.9 Å². The number of hydrogen-bond donors (Lipinski definition) is 1. The average Bonchev–Trinajstić information content (AvgIpc) is 3.18. The molecule has 0 aliphatic heterocycles. The van der Waals surface area contributed by atoms with Gasteiger partial charge in [0.05, 0.1) is 23.5 Å². The predicted molar refractivity (Wildman–Crippen MR) is 89.7 cm³/mol. The number of aryl methyl sites for hydroxylation is 2. The van der Waals surface area contributed by atoms with Crippen LogP contribution >= 0.6 is 11.3 Å². The molecule has 136 valence electrons. The number of aromatic nitrogens is 2. The number of carbonyl (C=O) groups is 1. The summed E-state index contributed by atoms with van der Waals surface area (Å²) < 4.78 is 43.0. The number of alkyl halides is 3. The third-order valence-electron chi connectivity index (χ3n) is 3.56. The molecule has 0 spiro atoms. The smallest absolute Gasteiger partial charge is 0.359 e. The van der Waals surface area contributed by atoms with E-state index in [1.54, 1.807) is 19.9 Å². The van der Waals surface area contributed by atoms with Gasteiger partial charge in [0, 0.05) is 11.6 Å². The molecule has 5 nitrogen and oxygen atoms in total. The van der Waals surface area contributed by atoms with E-state index in [0.717, 1.165) is 23.5 Å². The number of halogens is 3. The van der Waals surface area contributed by atoms with Crippen molar-refractivity contribution in [3.63, 3.8) is 0 Å². The van der Waals surface area contributed by atoms with E-state index in [1.165, 1.54) is 12.1 Å². The van der Waals surface area contributed by atoms with Crippen LogP contribution in [0.4, 0.5) is 13.2 Å². The monoisotopic (exact) mass is 381 g/mol. The first-order valence-electron chi connectivity index (χ1n) is 7.59. The maximum atomic E-state index is 12.6. The van der Waals surface area contributed by atoms with Crippen LogP contribution in [0, 0.1) is 13.8 Å². The Morgan fingerprint density at radius 3 is 2.50 bits per heavy atom. The molecule has 26 heavy (non-hydrogen) atoms. The van der Waals surface area contributed by atoms with Gasteiger partial charge in [-0.25, -0.2) is 4.98 Å². The van der Waals surface area contributed by atoms with Crippen LogP contribution in [0.3, 0.4) is 0 Å². The minimum Gasteiger partial charge on any atom is -0.359 e. The molecule has 0 radical (unpaired) electrons. The van der Waals surface area contributed by atoms with Crippen molar-refractivity contribution in [2.75, 3.05) is 0 Å². The van der Waals surface area contributed by atoms with Gasteiger partial charge < -0.3 is 9.84 Å². The van der Waals surface area contributed by atoms with Crippen molar-refractivity contribution in [2.24, 2.45) is 0 Å². The molecular formula is C17H14F3N3O2S. The van der Waals surface area contributed by atoms with Crippen LogP contribution in [0.1, 0.15) is 32.4 Å². The molecule has 9 heteroatoms. The number of amides is 1. The van der Waals surface area contributed by atoms with Gasteiger partial charge in [0.25, 0.3) is 5.91 Å². The van der Waals surface area contributed by atoms with E-state index in [4.69, 9.17) is 4.52 Å². The highest BCUT2D eigenvalue weighted by Gasteiger charge is 2.30. The summed E-state index contributed by atoms with van der Waals surface area (Å²) in [6, 6.07) is 6.41. The molecule has 1 N–H and O–H groups in total. The first-order chi connectivity index (χ1) is 12.2. The molecule has 0 unspecified atom stereocenters. The number of rotatable bonds is 4. The number of benzene rings is 1. The molecule has 0 saturated heterocycles. The predicted octanol–water partition coefficient (Wildman–Crippen LogP) is 4.36. The average molecular weight is 381 g/mol. The standard InChI is InChI=1S/C17H14F3N3O2S/c1-9-7-13(25-23-9)8-21-15(24)14-10(2)22-16(26-14)11-3-5-12(6-4-11)17(18,19)20/h3-7H,8H2,1-2H3,(H,21,24). The second kappa shape index (κ2) is 6.91. The molecule has 0 aliphatic carbocycles. The van der Waals surface area contributed by atoms with Crippen molar-refractivity contribution < 1.29 is 22.5 Å². The van der Waals surface area contributed by atoms with Crippen LogP contribution in [0.5, 0.6) is 0 Å². The van der Waals surface area contributed by atoms with E-state index in [9.17, 15) is 18.0 Å². The van der Waals surface area contributed by atoms with Crippen LogP contribution in [-0.4, -0.2) is 16.0 Å². The zero-order valence-corrected chi connectivity index (χ0v) is 14.7. The Balaban J connectivity index is 1.75. The Labute approximate surface area is 150 Å². The highest BCUT2D eigenvalue weighted by molar-refractivity contribution is 7.17. The van der Waals surface area contributed by atoms with Crippen LogP contribution in [0.15, 0.2) is 34.9 Å². The maximum absolute atomic E-state index is 12.6. The number of carbonyl (C=O) groups excluding carboxylic acids is 1. The summed E-state index contributed by atoms with van der Waals surface area (Å²) in [4.78, 5) is 17.0. The fraction of sp³-hybridized carbons (Fsp3) is 0.235. The summed E-state index contributed by atoms with van der Waals surface area (Å²) >= 11 is 1.12. The van der Waals surface area contributed by atoms with Gasteiger partial charge in [-0.3, -0.25) is 4.79 Å². The fourth-order valence-corrected chi connectivity index (χ4v) is 3.27. The molecule has 3 rings (SSSR count). The molecule has 1 amide bonds. The highest BCUT2D eigenvalue weighted by atomic mass is 32.1. The molecule has 2 heterocycles. The van der Waals surface area contributed by atoms with Gasteiger partial charge in [0.15, 0.2) is 5.76 Å². The summed E-state index contributed by atoms with van der Waals surface area (Å²) in [6.45, 7) is 3.64. The van der Waals surface area contributed by atoms with Crippen LogP contribution in [0.2, 0.25) is 0 Å². The second-order valence-electron chi connectivity index (χ2n) is 5.63. The Morgan fingerprint density at radius 1 is 1.23 bits per heavy atom. The van der Waals surface area contributed by atoms with Crippen molar-refractivity contribution in [1.29, 1.82) is 0 Å². The molecule has 1 aromatic carbocycles.